The smallest absolute Gasteiger partial charge is 0.162 e. The van der Waals surface area contributed by atoms with E-state index < -0.39 is 0 Å². The largest absolute Gasteiger partial charge is 0.486 e. The van der Waals surface area contributed by atoms with Gasteiger partial charge in [0.2, 0.25) is 0 Å². The van der Waals surface area contributed by atoms with Crippen LogP contribution < -0.4 is 9.47 Å². The van der Waals surface area contributed by atoms with Gasteiger partial charge < -0.3 is 9.47 Å². The first-order valence-corrected chi connectivity index (χ1v) is 5.05. The topological polar surface area (TPSA) is 18.5 Å². The van der Waals surface area contributed by atoms with Gasteiger partial charge in [0.25, 0.3) is 0 Å². The zero-order valence-electron chi connectivity index (χ0n) is 8.62. The number of ether oxygens (including phenoxy) is 2. The first-order chi connectivity index (χ1) is 6.75. The van der Waals surface area contributed by atoms with E-state index >= 15 is 0 Å². The van der Waals surface area contributed by atoms with Gasteiger partial charge in [0.05, 0.1) is 0 Å². The van der Waals surface area contributed by atoms with Crippen molar-refractivity contribution in [3.05, 3.63) is 24.3 Å². The minimum Gasteiger partial charge on any atom is -0.486 e. The standard InChI is InChI=1S/C12H15O2/c1-9(2)7-10-8-13-11-5-3-4-6-12(11)14-10/h4-6,9-10H,7-8H2,1-2H3. The minimum atomic E-state index is 0.199. The molecule has 0 bridgehead atoms. The summed E-state index contributed by atoms with van der Waals surface area (Å²) in [5, 5.41) is 0. The van der Waals surface area contributed by atoms with Crippen LogP contribution in [0.25, 0.3) is 0 Å². The third-order valence-electron chi connectivity index (χ3n) is 2.24. The fourth-order valence-corrected chi connectivity index (χ4v) is 1.65. The van der Waals surface area contributed by atoms with Crippen LogP contribution >= 0.6 is 0 Å². The first-order valence-electron chi connectivity index (χ1n) is 5.05. The Bertz CT molecular complexity index is 307. The van der Waals surface area contributed by atoms with E-state index in [-0.39, 0.29) is 6.10 Å². The van der Waals surface area contributed by atoms with E-state index in [1.807, 2.05) is 18.2 Å². The predicted octanol–water partition coefficient (Wildman–Crippen LogP) is 2.67. The molecule has 2 nitrogen and oxygen atoms in total. The van der Waals surface area contributed by atoms with Crippen LogP contribution in [0.15, 0.2) is 18.2 Å². The van der Waals surface area contributed by atoms with E-state index in [1.54, 1.807) is 0 Å². The van der Waals surface area contributed by atoms with Crippen LogP contribution in [0.5, 0.6) is 11.5 Å². The average Bonchev–Trinajstić information content (AvgIpc) is 2.17. The van der Waals surface area contributed by atoms with E-state index in [0.717, 1.165) is 17.9 Å². The SMILES string of the molecule is CC(C)CC1COc2c[c]ccc2O1. The summed E-state index contributed by atoms with van der Waals surface area (Å²) in [6.07, 6.45) is 1.24. The minimum absolute atomic E-state index is 0.199. The second-order valence-electron chi connectivity index (χ2n) is 4.05. The van der Waals surface area contributed by atoms with Gasteiger partial charge in [0, 0.05) is 0 Å². The third kappa shape index (κ3) is 2.00. The Morgan fingerprint density at radius 1 is 1.50 bits per heavy atom. The molecular formula is C12H15O2. The fourth-order valence-electron chi connectivity index (χ4n) is 1.65. The molecule has 0 N–H and O–H groups in total. The van der Waals surface area contributed by atoms with Gasteiger partial charge >= 0.3 is 0 Å². The van der Waals surface area contributed by atoms with E-state index in [1.165, 1.54) is 0 Å². The maximum absolute atomic E-state index is 5.80. The highest BCUT2D eigenvalue weighted by atomic mass is 16.6. The Morgan fingerprint density at radius 3 is 3.14 bits per heavy atom. The van der Waals surface area contributed by atoms with Crippen LogP contribution in [0.4, 0.5) is 0 Å². The number of rotatable bonds is 2. The summed E-state index contributed by atoms with van der Waals surface area (Å²) in [6, 6.07) is 8.54. The van der Waals surface area contributed by atoms with Gasteiger partial charge in [-0.2, -0.15) is 0 Å². The first kappa shape index (κ1) is 9.38. The van der Waals surface area contributed by atoms with Crippen molar-refractivity contribution in [2.24, 2.45) is 5.92 Å². The van der Waals surface area contributed by atoms with Crippen molar-refractivity contribution >= 4 is 0 Å². The molecule has 1 aromatic rings. The van der Waals surface area contributed by atoms with Gasteiger partial charge in [0.1, 0.15) is 12.7 Å². The Morgan fingerprint density at radius 2 is 2.36 bits per heavy atom. The van der Waals surface area contributed by atoms with Crippen molar-refractivity contribution in [3.8, 4) is 11.5 Å². The second kappa shape index (κ2) is 3.91. The lowest BCUT2D eigenvalue weighted by Gasteiger charge is -2.27. The lowest BCUT2D eigenvalue weighted by molar-refractivity contribution is 0.0758. The number of fused-ring (bicyclic) bond motifs is 1. The monoisotopic (exact) mass is 191 g/mol. The summed E-state index contributed by atoms with van der Waals surface area (Å²) in [6.45, 7) is 5.04. The van der Waals surface area contributed by atoms with Gasteiger partial charge in [0.15, 0.2) is 11.5 Å². The molecule has 0 saturated heterocycles. The zero-order chi connectivity index (χ0) is 9.97. The lowest BCUT2D eigenvalue weighted by atomic mass is 10.1. The van der Waals surface area contributed by atoms with Crippen molar-refractivity contribution in [1.29, 1.82) is 0 Å². The van der Waals surface area contributed by atoms with E-state index in [2.05, 4.69) is 19.9 Å². The molecule has 1 heterocycles. The summed E-state index contributed by atoms with van der Waals surface area (Å²) in [4.78, 5) is 0. The molecule has 0 saturated carbocycles. The van der Waals surface area contributed by atoms with Crippen LogP contribution in [0, 0.1) is 12.0 Å². The Balaban J connectivity index is 2.06. The number of hydrogen-bond acceptors (Lipinski definition) is 2. The highest BCUT2D eigenvalue weighted by Gasteiger charge is 2.20. The molecule has 0 amide bonds. The number of benzene rings is 1. The summed E-state index contributed by atoms with van der Waals surface area (Å²) in [5.41, 5.74) is 0. The lowest BCUT2D eigenvalue weighted by Crippen LogP contribution is -2.30. The third-order valence-corrected chi connectivity index (χ3v) is 2.24. The van der Waals surface area contributed by atoms with E-state index in [9.17, 15) is 0 Å². The van der Waals surface area contributed by atoms with Crippen molar-refractivity contribution in [2.45, 2.75) is 26.4 Å². The normalized spacial score (nSPS) is 19.8. The highest BCUT2D eigenvalue weighted by molar-refractivity contribution is 5.40. The number of hydrogen-bond donors (Lipinski definition) is 0. The van der Waals surface area contributed by atoms with Gasteiger partial charge in [-0.05, 0) is 30.5 Å². The van der Waals surface area contributed by atoms with Crippen molar-refractivity contribution in [1.82, 2.24) is 0 Å². The molecule has 1 unspecified atom stereocenters. The molecule has 2 heteroatoms. The molecule has 1 aliphatic heterocycles. The predicted molar refractivity (Wildman–Crippen MR) is 54.6 cm³/mol. The molecule has 0 fully saturated rings. The molecule has 14 heavy (non-hydrogen) atoms. The average molecular weight is 191 g/mol. The van der Waals surface area contributed by atoms with Gasteiger partial charge in [-0.15, -0.1) is 0 Å². The summed E-state index contributed by atoms with van der Waals surface area (Å²) < 4.78 is 11.4. The molecule has 75 valence electrons. The van der Waals surface area contributed by atoms with Gasteiger partial charge in [-0.25, -0.2) is 0 Å². The van der Waals surface area contributed by atoms with Crippen LogP contribution in [0.1, 0.15) is 20.3 Å². The van der Waals surface area contributed by atoms with Crippen LogP contribution in [-0.4, -0.2) is 12.7 Å². The Hall–Kier alpha value is -1.18. The maximum atomic E-state index is 5.80. The molecule has 0 aromatic heterocycles. The fraction of sp³-hybridized carbons (Fsp3) is 0.500. The molecule has 0 spiro atoms. The summed E-state index contributed by atoms with van der Waals surface area (Å²) >= 11 is 0. The van der Waals surface area contributed by atoms with Crippen LogP contribution in [-0.2, 0) is 0 Å². The van der Waals surface area contributed by atoms with Crippen molar-refractivity contribution < 1.29 is 9.47 Å². The van der Waals surface area contributed by atoms with E-state index in [4.69, 9.17) is 9.47 Å². The van der Waals surface area contributed by atoms with Crippen molar-refractivity contribution in [2.75, 3.05) is 6.61 Å². The van der Waals surface area contributed by atoms with Gasteiger partial charge in [-0.1, -0.05) is 19.9 Å². The molecule has 1 atom stereocenters. The molecule has 0 aliphatic carbocycles. The summed E-state index contributed by atoms with van der Waals surface area (Å²) in [5.74, 6) is 2.30. The highest BCUT2D eigenvalue weighted by Crippen LogP contribution is 2.31. The molecular weight excluding hydrogens is 176 g/mol. The Kier molecular flexibility index (Phi) is 2.62. The molecule has 1 aliphatic rings. The molecule has 2 rings (SSSR count). The van der Waals surface area contributed by atoms with E-state index in [0.29, 0.717) is 12.5 Å². The molecule has 1 aromatic carbocycles. The quantitative estimate of drug-likeness (QED) is 0.715. The second-order valence-corrected chi connectivity index (χ2v) is 4.05. The maximum Gasteiger partial charge on any atom is 0.162 e. The summed E-state index contributed by atoms with van der Waals surface area (Å²) in [7, 11) is 0. The van der Waals surface area contributed by atoms with Crippen LogP contribution in [0.2, 0.25) is 0 Å². The zero-order valence-corrected chi connectivity index (χ0v) is 8.62. The van der Waals surface area contributed by atoms with Crippen molar-refractivity contribution in [3.63, 3.8) is 0 Å². The van der Waals surface area contributed by atoms with Gasteiger partial charge in [-0.3, -0.25) is 0 Å². The van der Waals surface area contributed by atoms with Crippen LogP contribution in [0.3, 0.4) is 0 Å². The molecule has 1 radical (unpaired) electrons. The Labute approximate surface area is 84.8 Å².